The minimum atomic E-state index is 0.236. The first-order chi connectivity index (χ1) is 30.6. The second-order valence-corrected chi connectivity index (χ2v) is 17.8. The van der Waals surface area contributed by atoms with Crippen LogP contribution in [0.3, 0.4) is 0 Å². The molecule has 2 aliphatic rings. The molecule has 0 saturated heterocycles. The summed E-state index contributed by atoms with van der Waals surface area (Å²) in [6.07, 6.45) is 21.5. The van der Waals surface area contributed by atoms with Gasteiger partial charge in [0.25, 0.3) is 0 Å². The topological polar surface area (TPSA) is 0 Å². The van der Waals surface area contributed by atoms with E-state index in [0.29, 0.717) is 0 Å². The molecule has 0 amide bonds. The highest BCUT2D eigenvalue weighted by Crippen LogP contribution is 2.53. The number of rotatable bonds is 3. The Balaban J connectivity index is 1.36. The van der Waals surface area contributed by atoms with E-state index in [1.807, 2.05) is 0 Å². The zero-order chi connectivity index (χ0) is 41.1. The maximum absolute atomic E-state index is 2.69. The molecule has 0 bridgehead atoms. The summed E-state index contributed by atoms with van der Waals surface area (Å²) in [7, 11) is 0. The second-order valence-electron chi connectivity index (χ2n) is 17.8. The Morgan fingerprint density at radius 2 is 1.10 bits per heavy atom. The SMILES string of the molecule is Cc1cccc(C)c1C1C=c2c3c(c4ccccc4cc3c3c(-c4cccc5ccccc45)c4c(cc5c6ccccc6c6cccc4c65)c(/C4=C/C=C\C/C=C\C=C/C4)c23)C1. The quantitative estimate of drug-likeness (QED) is 0.156. The van der Waals surface area contributed by atoms with Gasteiger partial charge in [-0.1, -0.05) is 176 Å². The first-order valence-corrected chi connectivity index (χ1v) is 22.3. The molecule has 292 valence electrons. The summed E-state index contributed by atoms with van der Waals surface area (Å²) < 4.78 is 0. The molecule has 11 aromatic rings. The highest BCUT2D eigenvalue weighted by atomic mass is 14.3. The third-order valence-corrected chi connectivity index (χ3v) is 14.4. The van der Waals surface area contributed by atoms with Crippen LogP contribution < -0.4 is 5.22 Å². The van der Waals surface area contributed by atoms with E-state index in [9.17, 15) is 0 Å². The molecule has 11 aromatic carbocycles. The van der Waals surface area contributed by atoms with Gasteiger partial charge in [-0.15, -0.1) is 0 Å². The molecule has 13 rings (SSSR count). The molecule has 1 atom stereocenters. The van der Waals surface area contributed by atoms with Gasteiger partial charge in [0.15, 0.2) is 0 Å². The molecular weight excluding hydrogens is 745 g/mol. The fourth-order valence-corrected chi connectivity index (χ4v) is 12.0. The van der Waals surface area contributed by atoms with Crippen molar-refractivity contribution in [2.45, 2.75) is 39.0 Å². The molecule has 0 aromatic heterocycles. The third-order valence-electron chi connectivity index (χ3n) is 14.4. The van der Waals surface area contributed by atoms with Crippen LogP contribution in [-0.4, -0.2) is 0 Å². The van der Waals surface area contributed by atoms with Crippen LogP contribution in [0.5, 0.6) is 0 Å². The van der Waals surface area contributed by atoms with Crippen molar-refractivity contribution in [2.75, 3.05) is 0 Å². The maximum atomic E-state index is 2.69. The van der Waals surface area contributed by atoms with E-state index in [1.54, 1.807) is 0 Å². The van der Waals surface area contributed by atoms with E-state index in [2.05, 4.69) is 202 Å². The van der Waals surface area contributed by atoms with Gasteiger partial charge in [-0.25, -0.2) is 0 Å². The van der Waals surface area contributed by atoms with Gasteiger partial charge in [0, 0.05) is 5.92 Å². The molecule has 0 heterocycles. The summed E-state index contributed by atoms with van der Waals surface area (Å²) in [5, 5.41) is 22.9. The predicted octanol–water partition coefficient (Wildman–Crippen LogP) is 16.3. The Morgan fingerprint density at radius 3 is 1.95 bits per heavy atom. The van der Waals surface area contributed by atoms with Crippen LogP contribution in [0.4, 0.5) is 0 Å². The summed E-state index contributed by atoms with van der Waals surface area (Å²) in [6, 6.07) is 53.2. The van der Waals surface area contributed by atoms with Gasteiger partial charge in [-0.3, -0.25) is 0 Å². The van der Waals surface area contributed by atoms with Crippen molar-refractivity contribution in [2.24, 2.45) is 0 Å². The predicted molar refractivity (Wildman–Crippen MR) is 270 cm³/mol. The van der Waals surface area contributed by atoms with Crippen molar-refractivity contribution < 1.29 is 0 Å². The van der Waals surface area contributed by atoms with Crippen LogP contribution in [0.1, 0.15) is 46.6 Å². The lowest BCUT2D eigenvalue weighted by Gasteiger charge is -2.24. The van der Waals surface area contributed by atoms with Gasteiger partial charge in [0.2, 0.25) is 0 Å². The van der Waals surface area contributed by atoms with Crippen LogP contribution in [0.25, 0.3) is 109 Å². The highest BCUT2D eigenvalue weighted by Gasteiger charge is 2.31. The normalized spacial score (nSPS) is 18.0. The molecule has 0 saturated carbocycles. The number of benzene rings is 9. The molecule has 0 N–H and O–H groups in total. The van der Waals surface area contributed by atoms with E-state index in [0.717, 1.165) is 19.3 Å². The van der Waals surface area contributed by atoms with Gasteiger partial charge >= 0.3 is 0 Å². The molecule has 0 aliphatic heterocycles. The minimum Gasteiger partial charge on any atom is -0.0808 e. The largest absolute Gasteiger partial charge is 0.0808 e. The zero-order valence-corrected chi connectivity index (χ0v) is 35.1. The lowest BCUT2D eigenvalue weighted by molar-refractivity contribution is 0.860. The zero-order valence-electron chi connectivity index (χ0n) is 35.1. The van der Waals surface area contributed by atoms with Gasteiger partial charge in [-0.05, 0) is 181 Å². The number of hydrogen-bond donors (Lipinski definition) is 0. The number of hydrogen-bond acceptors (Lipinski definition) is 0. The summed E-state index contributed by atoms with van der Waals surface area (Å²) in [5.74, 6) is 0.236. The lowest BCUT2D eigenvalue weighted by atomic mass is 9.80. The van der Waals surface area contributed by atoms with Crippen LogP contribution >= 0.6 is 0 Å². The van der Waals surface area contributed by atoms with E-state index in [1.165, 1.54) is 136 Å². The van der Waals surface area contributed by atoms with Crippen molar-refractivity contribution >= 4 is 97.8 Å². The summed E-state index contributed by atoms with van der Waals surface area (Å²) in [5.41, 5.74) is 11.0. The first kappa shape index (κ1) is 35.5. The number of aryl methyl sites for hydroxylation is 2. The average molecular weight is 789 g/mol. The van der Waals surface area contributed by atoms with E-state index >= 15 is 0 Å². The standard InChI is InChI=1S/C62H44/c1-37-19-16-20-38(2)55(37)42-34-50-44-27-13-11-24-41(44)33-52-58(50)53(35-42)61-56(40-22-8-6-4-3-5-7-9-23-40)54-36-51-46-29-15-14-28-45(46)48-31-18-32-49(57(48)51)59(54)60(62(52)61)47-30-17-25-39-21-10-12-26-43(39)47/h3-4,6-21,23-33,35-36,42H,5,22,34H2,1-2H3/b4-3-,8-6-,9-7-,40-23+. The number of fused-ring (bicyclic) bond motifs is 11. The summed E-state index contributed by atoms with van der Waals surface area (Å²) >= 11 is 0. The molecule has 0 heteroatoms. The van der Waals surface area contributed by atoms with Crippen molar-refractivity contribution in [1.82, 2.24) is 0 Å². The fourth-order valence-electron chi connectivity index (χ4n) is 12.0. The third kappa shape index (κ3) is 5.01. The van der Waals surface area contributed by atoms with Crippen molar-refractivity contribution in [1.29, 1.82) is 0 Å². The smallest absolute Gasteiger partial charge is 0.00735 e. The Morgan fingerprint density at radius 1 is 0.435 bits per heavy atom. The van der Waals surface area contributed by atoms with Crippen molar-refractivity contribution in [3.8, 4) is 11.1 Å². The molecule has 0 radical (unpaired) electrons. The van der Waals surface area contributed by atoms with E-state index in [4.69, 9.17) is 0 Å². The molecule has 62 heavy (non-hydrogen) atoms. The molecule has 0 nitrogen and oxygen atoms in total. The van der Waals surface area contributed by atoms with Crippen LogP contribution in [0.2, 0.25) is 0 Å². The van der Waals surface area contributed by atoms with Crippen LogP contribution in [-0.2, 0) is 6.42 Å². The Kier molecular flexibility index (Phi) is 7.79. The van der Waals surface area contributed by atoms with Crippen LogP contribution in [0, 0.1) is 13.8 Å². The fraction of sp³-hybridized carbons (Fsp3) is 0.0968. The lowest BCUT2D eigenvalue weighted by Crippen LogP contribution is -2.16. The van der Waals surface area contributed by atoms with E-state index < -0.39 is 0 Å². The summed E-state index contributed by atoms with van der Waals surface area (Å²) in [4.78, 5) is 0. The summed E-state index contributed by atoms with van der Waals surface area (Å²) in [6.45, 7) is 4.62. The monoisotopic (exact) mass is 788 g/mol. The minimum absolute atomic E-state index is 0.236. The first-order valence-electron chi connectivity index (χ1n) is 22.3. The Hall–Kier alpha value is -7.28. The maximum Gasteiger partial charge on any atom is 0.00735 e. The number of allylic oxidation sites excluding steroid dienone is 8. The second kappa shape index (κ2) is 13.6. The van der Waals surface area contributed by atoms with Gasteiger partial charge in [0.05, 0.1) is 0 Å². The van der Waals surface area contributed by atoms with Gasteiger partial charge < -0.3 is 0 Å². The van der Waals surface area contributed by atoms with E-state index in [-0.39, 0.29) is 5.92 Å². The van der Waals surface area contributed by atoms with Gasteiger partial charge in [0.1, 0.15) is 0 Å². The molecular formula is C62H44. The highest BCUT2D eigenvalue weighted by molar-refractivity contribution is 6.41. The van der Waals surface area contributed by atoms with Crippen molar-refractivity contribution in [3.05, 3.63) is 215 Å². The molecule has 1 unspecified atom stereocenters. The van der Waals surface area contributed by atoms with Gasteiger partial charge in [-0.2, -0.15) is 0 Å². The van der Waals surface area contributed by atoms with Crippen LogP contribution in [0.15, 0.2) is 182 Å². The molecule has 0 fully saturated rings. The molecule has 2 aliphatic carbocycles. The van der Waals surface area contributed by atoms with Crippen molar-refractivity contribution in [3.63, 3.8) is 0 Å². The Bertz CT molecular complexity index is 3880. The molecule has 0 spiro atoms. The average Bonchev–Trinajstić information content (AvgIpc) is 3.80. The Labute approximate surface area is 361 Å².